The average Bonchev–Trinajstić information content (AvgIpc) is 3.34. The molecular weight excluding hydrogens is 442 g/mol. The van der Waals surface area contributed by atoms with Gasteiger partial charge in [-0.3, -0.25) is 0 Å². The third-order valence-corrected chi connectivity index (χ3v) is 7.14. The maximum atomic E-state index is 9.10. The van der Waals surface area contributed by atoms with E-state index in [4.69, 9.17) is 24.9 Å². The highest BCUT2D eigenvalue weighted by molar-refractivity contribution is 6.27. The molecule has 35 heavy (non-hydrogen) atoms. The molecular formula is C28H33N3O4. The number of carbonyl (C=O) groups is 2. The summed E-state index contributed by atoms with van der Waals surface area (Å²) in [7, 11) is 0. The van der Waals surface area contributed by atoms with Gasteiger partial charge in [-0.15, -0.1) is 0 Å². The number of benzene rings is 2. The highest BCUT2D eigenvalue weighted by Gasteiger charge is 2.26. The Morgan fingerprint density at radius 2 is 1.51 bits per heavy atom. The fraction of sp³-hybridized carbons (Fsp3) is 0.393. The van der Waals surface area contributed by atoms with Gasteiger partial charge in [0.15, 0.2) is 0 Å². The zero-order valence-electron chi connectivity index (χ0n) is 19.9. The van der Waals surface area contributed by atoms with Gasteiger partial charge in [0.1, 0.15) is 0 Å². The second-order valence-electron chi connectivity index (χ2n) is 9.31. The molecule has 7 heteroatoms. The lowest BCUT2D eigenvalue weighted by molar-refractivity contribution is -0.159. The van der Waals surface area contributed by atoms with Gasteiger partial charge in [0.2, 0.25) is 0 Å². The number of fused-ring (bicyclic) bond motifs is 1. The topological polar surface area (TPSA) is 95.7 Å². The van der Waals surface area contributed by atoms with Crippen LogP contribution in [0.4, 0.5) is 0 Å². The van der Waals surface area contributed by atoms with Gasteiger partial charge < -0.3 is 15.1 Å². The predicted molar refractivity (Wildman–Crippen MR) is 134 cm³/mol. The molecule has 2 heterocycles. The van der Waals surface area contributed by atoms with E-state index < -0.39 is 11.9 Å². The fourth-order valence-electron chi connectivity index (χ4n) is 5.29. The summed E-state index contributed by atoms with van der Waals surface area (Å²) in [6.45, 7) is 3.70. The van der Waals surface area contributed by atoms with Crippen LogP contribution in [0.3, 0.4) is 0 Å². The smallest absolute Gasteiger partial charge is 0.414 e. The summed E-state index contributed by atoms with van der Waals surface area (Å²) in [6, 6.07) is 21.7. The zero-order chi connectivity index (χ0) is 24.6. The van der Waals surface area contributed by atoms with Gasteiger partial charge in [-0.25, -0.2) is 14.3 Å². The molecule has 3 aromatic rings. The van der Waals surface area contributed by atoms with Crippen molar-refractivity contribution in [1.29, 1.82) is 0 Å². The van der Waals surface area contributed by atoms with Crippen molar-refractivity contribution in [2.45, 2.75) is 50.4 Å². The molecule has 0 bridgehead atoms. The minimum atomic E-state index is -1.82. The van der Waals surface area contributed by atoms with E-state index in [2.05, 4.69) is 76.4 Å². The molecule has 7 nitrogen and oxygen atoms in total. The summed E-state index contributed by atoms with van der Waals surface area (Å²) < 4.78 is 2.17. The maximum absolute atomic E-state index is 9.10. The van der Waals surface area contributed by atoms with Crippen molar-refractivity contribution in [1.82, 2.24) is 14.7 Å². The number of para-hydroxylation sites is 1. The van der Waals surface area contributed by atoms with Gasteiger partial charge in [-0.05, 0) is 93.3 Å². The number of rotatable bonds is 5. The van der Waals surface area contributed by atoms with E-state index in [-0.39, 0.29) is 0 Å². The van der Waals surface area contributed by atoms with Crippen molar-refractivity contribution in [3.63, 3.8) is 0 Å². The number of hydrogen-bond donors (Lipinski definition) is 2. The van der Waals surface area contributed by atoms with E-state index in [1.807, 2.05) is 0 Å². The van der Waals surface area contributed by atoms with Gasteiger partial charge in [-0.2, -0.15) is 5.10 Å². The van der Waals surface area contributed by atoms with Gasteiger partial charge in [-0.1, -0.05) is 48.5 Å². The van der Waals surface area contributed by atoms with Crippen LogP contribution in [0.5, 0.6) is 0 Å². The fourth-order valence-corrected chi connectivity index (χ4v) is 5.29. The highest BCUT2D eigenvalue weighted by atomic mass is 16.4. The summed E-state index contributed by atoms with van der Waals surface area (Å²) in [4.78, 5) is 20.9. The first-order valence-electron chi connectivity index (χ1n) is 12.4. The number of aliphatic carboxylic acids is 2. The van der Waals surface area contributed by atoms with Gasteiger partial charge >= 0.3 is 11.9 Å². The van der Waals surface area contributed by atoms with Crippen LogP contribution < -0.4 is 0 Å². The van der Waals surface area contributed by atoms with Gasteiger partial charge in [0, 0.05) is 5.69 Å². The molecule has 2 N–H and O–H groups in total. The quantitative estimate of drug-likeness (QED) is 0.519. The van der Waals surface area contributed by atoms with Gasteiger partial charge in [0.05, 0.1) is 11.9 Å². The Kier molecular flexibility index (Phi) is 8.32. The van der Waals surface area contributed by atoms with Crippen molar-refractivity contribution in [2.24, 2.45) is 0 Å². The summed E-state index contributed by atoms with van der Waals surface area (Å²) in [6.07, 6.45) is 9.76. The monoisotopic (exact) mass is 475 g/mol. The molecule has 5 rings (SSSR count). The molecule has 1 aliphatic carbocycles. The standard InChI is InChI=1S/C26H31N3.C2H2O4/c1-3-8-21(9-4-1)22-14-17-28(18-15-22)19-16-23-10-7-13-26-25(23)20-27-29(26)24-11-5-2-6-12-24;3-1(4)2(5)6/h1-6,8-9,11-12,20,22-23H,7,10,13-19H2;(H,3,4)(H,5,6). The third-order valence-electron chi connectivity index (χ3n) is 7.14. The van der Waals surface area contributed by atoms with Crippen LogP contribution in [0.15, 0.2) is 66.9 Å². The molecule has 0 amide bonds. The molecule has 1 fully saturated rings. The van der Waals surface area contributed by atoms with E-state index in [1.54, 1.807) is 0 Å². The predicted octanol–water partition coefficient (Wildman–Crippen LogP) is 4.72. The third kappa shape index (κ3) is 6.36. The number of aromatic nitrogens is 2. The Balaban J connectivity index is 0.000000431. The van der Waals surface area contributed by atoms with Crippen molar-refractivity contribution in [3.05, 3.63) is 83.7 Å². The first-order chi connectivity index (χ1) is 17.0. The first-order valence-corrected chi connectivity index (χ1v) is 12.4. The molecule has 1 unspecified atom stereocenters. The van der Waals surface area contributed by atoms with Gasteiger partial charge in [0.25, 0.3) is 0 Å². The molecule has 2 aromatic carbocycles. The van der Waals surface area contributed by atoms with E-state index >= 15 is 0 Å². The van der Waals surface area contributed by atoms with Crippen LogP contribution in [0.2, 0.25) is 0 Å². The second kappa shape index (κ2) is 11.8. The maximum Gasteiger partial charge on any atom is 0.414 e. The van der Waals surface area contributed by atoms with E-state index in [0.717, 1.165) is 12.3 Å². The van der Waals surface area contributed by atoms with Crippen LogP contribution >= 0.6 is 0 Å². The summed E-state index contributed by atoms with van der Waals surface area (Å²) in [5, 5.41) is 19.5. The Bertz CT molecular complexity index is 1090. The lowest BCUT2D eigenvalue weighted by atomic mass is 9.84. The normalized spacial score (nSPS) is 18.2. The van der Waals surface area contributed by atoms with E-state index in [1.165, 1.54) is 74.2 Å². The number of piperidine rings is 1. The number of nitrogens with zero attached hydrogens (tertiary/aromatic N) is 3. The Labute approximate surface area is 206 Å². The lowest BCUT2D eigenvalue weighted by Crippen LogP contribution is -2.34. The van der Waals surface area contributed by atoms with Crippen molar-refractivity contribution >= 4 is 11.9 Å². The SMILES string of the molecule is O=C(O)C(=O)O.c1ccc(C2CCN(CCC3CCCc4c3cnn4-c3ccccc3)CC2)cc1. The van der Waals surface area contributed by atoms with E-state index in [9.17, 15) is 0 Å². The Morgan fingerprint density at radius 1 is 0.886 bits per heavy atom. The molecule has 1 atom stereocenters. The number of likely N-dealkylation sites (tertiary alicyclic amines) is 1. The van der Waals surface area contributed by atoms with E-state index in [0.29, 0.717) is 5.92 Å². The number of carboxylic acids is 2. The Morgan fingerprint density at radius 3 is 2.14 bits per heavy atom. The highest BCUT2D eigenvalue weighted by Crippen LogP contribution is 2.36. The average molecular weight is 476 g/mol. The largest absolute Gasteiger partial charge is 0.473 e. The molecule has 184 valence electrons. The zero-order valence-corrected chi connectivity index (χ0v) is 19.9. The van der Waals surface area contributed by atoms with Crippen LogP contribution in [0.1, 0.15) is 60.8 Å². The first kappa shape index (κ1) is 24.7. The van der Waals surface area contributed by atoms with Crippen molar-refractivity contribution in [3.8, 4) is 5.69 Å². The minimum absolute atomic E-state index is 0.669. The van der Waals surface area contributed by atoms with Crippen LogP contribution in [-0.2, 0) is 16.0 Å². The molecule has 1 aromatic heterocycles. The molecule has 0 saturated carbocycles. The van der Waals surface area contributed by atoms with Crippen LogP contribution in [0.25, 0.3) is 5.69 Å². The lowest BCUT2D eigenvalue weighted by Gasteiger charge is -2.33. The van der Waals surface area contributed by atoms with Crippen LogP contribution in [-0.4, -0.2) is 56.5 Å². The minimum Gasteiger partial charge on any atom is -0.473 e. The molecule has 2 aliphatic rings. The van der Waals surface area contributed by atoms with Crippen molar-refractivity contribution < 1.29 is 19.8 Å². The summed E-state index contributed by atoms with van der Waals surface area (Å²) >= 11 is 0. The molecule has 0 radical (unpaired) electrons. The van der Waals surface area contributed by atoms with Crippen LogP contribution in [0, 0.1) is 0 Å². The number of carboxylic acid groups (broad SMARTS) is 2. The summed E-state index contributed by atoms with van der Waals surface area (Å²) in [5.41, 5.74) is 5.66. The Hall–Kier alpha value is -3.45. The summed E-state index contributed by atoms with van der Waals surface area (Å²) in [5.74, 6) is -2.23. The molecule has 1 saturated heterocycles. The second-order valence-corrected chi connectivity index (χ2v) is 9.31. The number of hydrogen-bond acceptors (Lipinski definition) is 4. The van der Waals surface area contributed by atoms with Crippen molar-refractivity contribution in [2.75, 3.05) is 19.6 Å². The molecule has 1 aliphatic heterocycles. The molecule has 0 spiro atoms.